The Morgan fingerprint density at radius 3 is 2.52 bits per heavy atom. The highest BCUT2D eigenvalue weighted by atomic mass is 32.1. The predicted molar refractivity (Wildman–Crippen MR) is 113 cm³/mol. The van der Waals surface area contributed by atoms with Crippen LogP contribution in [0.2, 0.25) is 0 Å². The molecule has 7 heteroatoms. The molecule has 0 aliphatic heterocycles. The number of hydrogen-bond acceptors (Lipinski definition) is 4. The number of amides is 1. The van der Waals surface area contributed by atoms with Crippen molar-refractivity contribution in [3.05, 3.63) is 88.9 Å². The number of nitrogens with zero attached hydrogens (tertiary/aromatic N) is 2. The molecular weight excluding hydrogens is 386 g/mol. The van der Waals surface area contributed by atoms with Crippen molar-refractivity contribution < 1.29 is 14.7 Å². The first-order chi connectivity index (χ1) is 14.0. The summed E-state index contributed by atoms with van der Waals surface area (Å²) in [6.45, 7) is 2.00. The van der Waals surface area contributed by atoms with Gasteiger partial charge in [-0.3, -0.25) is 4.79 Å². The second kappa shape index (κ2) is 7.73. The molecular formula is C22H17N3O3S. The van der Waals surface area contributed by atoms with Gasteiger partial charge in [0, 0.05) is 16.8 Å². The van der Waals surface area contributed by atoms with E-state index >= 15 is 0 Å². The monoisotopic (exact) mass is 403 g/mol. The summed E-state index contributed by atoms with van der Waals surface area (Å²) in [5, 5.41) is 16.6. The van der Waals surface area contributed by atoms with Crippen molar-refractivity contribution in [3.63, 3.8) is 0 Å². The van der Waals surface area contributed by atoms with E-state index in [1.165, 1.54) is 12.1 Å². The third kappa shape index (κ3) is 3.95. The molecule has 0 aliphatic carbocycles. The number of carbonyl (C=O) groups is 2. The minimum Gasteiger partial charge on any atom is -0.478 e. The Labute approximate surface area is 171 Å². The maximum absolute atomic E-state index is 13.0. The molecule has 2 aromatic heterocycles. The number of rotatable bonds is 5. The van der Waals surface area contributed by atoms with Crippen LogP contribution in [0.1, 0.15) is 25.6 Å². The third-order valence-corrected chi connectivity index (χ3v) is 5.33. The highest BCUT2D eigenvalue weighted by Crippen LogP contribution is 2.30. The van der Waals surface area contributed by atoms with Gasteiger partial charge < -0.3 is 10.4 Å². The molecule has 0 saturated carbocycles. The zero-order valence-corrected chi connectivity index (χ0v) is 16.3. The Kier molecular flexibility index (Phi) is 4.97. The molecule has 0 saturated heterocycles. The Morgan fingerprint density at radius 2 is 1.83 bits per heavy atom. The van der Waals surface area contributed by atoms with Gasteiger partial charge in [-0.1, -0.05) is 24.3 Å². The van der Waals surface area contributed by atoms with Crippen molar-refractivity contribution in [1.82, 2.24) is 9.78 Å². The fourth-order valence-electron chi connectivity index (χ4n) is 2.93. The van der Waals surface area contributed by atoms with Gasteiger partial charge in [-0.25, -0.2) is 9.48 Å². The van der Waals surface area contributed by atoms with E-state index in [0.717, 1.165) is 15.4 Å². The number of para-hydroxylation sites is 1. The largest absolute Gasteiger partial charge is 0.478 e. The number of benzene rings is 2. The van der Waals surface area contributed by atoms with E-state index in [2.05, 4.69) is 10.4 Å². The minimum atomic E-state index is -1.05. The molecule has 2 N–H and O–H groups in total. The molecule has 0 spiro atoms. The number of aromatic carboxylic acids is 1. The first kappa shape index (κ1) is 18.6. The molecule has 0 unspecified atom stereocenters. The number of carboxylic acids is 1. The highest BCUT2D eigenvalue weighted by Gasteiger charge is 2.20. The molecule has 4 rings (SSSR count). The molecule has 0 bridgehead atoms. The van der Waals surface area contributed by atoms with Crippen molar-refractivity contribution in [2.45, 2.75) is 6.92 Å². The quantitative estimate of drug-likeness (QED) is 0.498. The summed E-state index contributed by atoms with van der Waals surface area (Å²) in [6.07, 6.45) is 1.69. The van der Waals surface area contributed by atoms with Gasteiger partial charge in [0.2, 0.25) is 0 Å². The Balaban J connectivity index is 1.73. The van der Waals surface area contributed by atoms with Crippen molar-refractivity contribution in [2.24, 2.45) is 0 Å². The van der Waals surface area contributed by atoms with E-state index in [1.54, 1.807) is 34.3 Å². The fourth-order valence-corrected chi connectivity index (χ4v) is 3.79. The fraction of sp³-hybridized carbons (Fsp3) is 0.0455. The second-order valence-corrected chi connectivity index (χ2v) is 7.71. The molecule has 0 aliphatic rings. The summed E-state index contributed by atoms with van der Waals surface area (Å²) >= 11 is 1.56. The van der Waals surface area contributed by atoms with Crippen LogP contribution in [-0.4, -0.2) is 26.8 Å². The van der Waals surface area contributed by atoms with Crippen LogP contribution >= 0.6 is 11.3 Å². The third-order valence-electron chi connectivity index (χ3n) is 4.32. The molecule has 1 amide bonds. The standard InChI is InChI=1S/C22H17N3O3S/c1-14-10-11-19(29-14)20-18(13-25(24-20)17-8-3-2-4-9-17)21(26)23-16-7-5-6-15(12-16)22(27)28/h2-13H,1H3,(H,23,26)(H,27,28). The Hall–Kier alpha value is -3.71. The lowest BCUT2D eigenvalue weighted by atomic mass is 10.1. The van der Waals surface area contributed by atoms with Crippen LogP contribution < -0.4 is 5.32 Å². The lowest BCUT2D eigenvalue weighted by Gasteiger charge is -2.05. The first-order valence-corrected chi connectivity index (χ1v) is 9.69. The SMILES string of the molecule is Cc1ccc(-c2nn(-c3ccccc3)cc2C(=O)Nc2cccc(C(=O)O)c2)s1. The molecule has 0 radical (unpaired) electrons. The summed E-state index contributed by atoms with van der Waals surface area (Å²) in [6, 6.07) is 19.6. The lowest BCUT2D eigenvalue weighted by Crippen LogP contribution is -2.12. The Morgan fingerprint density at radius 1 is 1.03 bits per heavy atom. The van der Waals surface area contributed by atoms with Crippen LogP contribution in [-0.2, 0) is 0 Å². The molecule has 144 valence electrons. The van der Waals surface area contributed by atoms with Gasteiger partial charge in [0.15, 0.2) is 0 Å². The average Bonchev–Trinajstić information content (AvgIpc) is 3.35. The van der Waals surface area contributed by atoms with Crippen LogP contribution in [0.15, 0.2) is 72.9 Å². The van der Waals surface area contributed by atoms with E-state index in [0.29, 0.717) is 16.9 Å². The summed E-state index contributed by atoms with van der Waals surface area (Å²) in [4.78, 5) is 26.2. The first-order valence-electron chi connectivity index (χ1n) is 8.88. The predicted octanol–water partition coefficient (Wildman–Crippen LogP) is 4.86. The van der Waals surface area contributed by atoms with E-state index in [-0.39, 0.29) is 11.5 Å². The van der Waals surface area contributed by atoms with E-state index in [4.69, 9.17) is 5.11 Å². The summed E-state index contributed by atoms with van der Waals surface area (Å²) in [5.41, 5.74) is 2.36. The molecule has 2 aromatic carbocycles. The van der Waals surface area contributed by atoms with Crippen molar-refractivity contribution >= 4 is 28.9 Å². The van der Waals surface area contributed by atoms with Crippen LogP contribution in [0.4, 0.5) is 5.69 Å². The van der Waals surface area contributed by atoms with Crippen LogP contribution in [0, 0.1) is 6.92 Å². The number of aryl methyl sites for hydroxylation is 1. The molecule has 29 heavy (non-hydrogen) atoms. The average molecular weight is 403 g/mol. The normalized spacial score (nSPS) is 10.7. The number of anilines is 1. The Bertz CT molecular complexity index is 1200. The molecule has 6 nitrogen and oxygen atoms in total. The van der Waals surface area contributed by atoms with Crippen LogP contribution in [0.5, 0.6) is 0 Å². The molecule has 2 heterocycles. The number of carbonyl (C=O) groups excluding carboxylic acids is 1. The molecule has 0 atom stereocenters. The van der Waals surface area contributed by atoms with Gasteiger partial charge in [0.25, 0.3) is 5.91 Å². The number of carboxylic acid groups (broad SMARTS) is 1. The number of thiophene rings is 1. The summed E-state index contributed by atoms with van der Waals surface area (Å²) in [5.74, 6) is -1.40. The maximum Gasteiger partial charge on any atom is 0.335 e. The minimum absolute atomic E-state index is 0.108. The van der Waals surface area contributed by atoms with E-state index in [1.807, 2.05) is 49.4 Å². The van der Waals surface area contributed by atoms with E-state index < -0.39 is 5.97 Å². The smallest absolute Gasteiger partial charge is 0.335 e. The zero-order chi connectivity index (χ0) is 20.4. The van der Waals surface area contributed by atoms with Crippen LogP contribution in [0.3, 0.4) is 0 Å². The number of aromatic nitrogens is 2. The van der Waals surface area contributed by atoms with E-state index in [9.17, 15) is 9.59 Å². The van der Waals surface area contributed by atoms with Gasteiger partial charge >= 0.3 is 5.97 Å². The van der Waals surface area contributed by atoms with Gasteiger partial charge in [0.1, 0.15) is 5.69 Å². The van der Waals surface area contributed by atoms with Gasteiger partial charge in [-0.15, -0.1) is 11.3 Å². The zero-order valence-electron chi connectivity index (χ0n) is 15.5. The van der Waals surface area contributed by atoms with Gasteiger partial charge in [0.05, 0.1) is 21.7 Å². The van der Waals surface area contributed by atoms with Gasteiger partial charge in [-0.05, 0) is 49.4 Å². The molecule has 0 fully saturated rings. The van der Waals surface area contributed by atoms with Crippen molar-refractivity contribution in [1.29, 1.82) is 0 Å². The summed E-state index contributed by atoms with van der Waals surface area (Å²) in [7, 11) is 0. The number of hydrogen-bond donors (Lipinski definition) is 2. The van der Waals surface area contributed by atoms with Gasteiger partial charge in [-0.2, -0.15) is 5.10 Å². The lowest BCUT2D eigenvalue weighted by molar-refractivity contribution is 0.0696. The number of nitrogens with one attached hydrogen (secondary N) is 1. The second-order valence-electron chi connectivity index (χ2n) is 6.42. The molecule has 4 aromatic rings. The van der Waals surface area contributed by atoms with Crippen molar-refractivity contribution in [2.75, 3.05) is 5.32 Å². The summed E-state index contributed by atoms with van der Waals surface area (Å²) < 4.78 is 1.67. The topological polar surface area (TPSA) is 84.2 Å². The van der Waals surface area contributed by atoms with Crippen molar-refractivity contribution in [3.8, 4) is 16.3 Å². The highest BCUT2D eigenvalue weighted by molar-refractivity contribution is 7.15. The maximum atomic E-state index is 13.0. The van der Waals surface area contributed by atoms with Crippen LogP contribution in [0.25, 0.3) is 16.3 Å².